The Labute approximate surface area is 119 Å². The first-order valence-electron chi connectivity index (χ1n) is 7.39. The van der Waals surface area contributed by atoms with Gasteiger partial charge in [0.15, 0.2) is 11.5 Å². The van der Waals surface area contributed by atoms with E-state index < -0.39 is 0 Å². The van der Waals surface area contributed by atoms with Gasteiger partial charge in [-0.05, 0) is 26.2 Å². The Hall–Kier alpha value is -1.67. The second-order valence-electron chi connectivity index (χ2n) is 5.68. The molecular formula is C15H20N4O. The Bertz CT molecular complexity index is 519. The predicted octanol–water partition coefficient (Wildman–Crippen LogP) is 2.50. The first-order valence-corrected chi connectivity index (χ1v) is 7.39. The maximum atomic E-state index is 9.10. The van der Waals surface area contributed by atoms with Crippen LogP contribution in [0.2, 0.25) is 0 Å². The van der Waals surface area contributed by atoms with E-state index in [-0.39, 0.29) is 5.41 Å². The Morgan fingerprint density at radius 3 is 2.85 bits per heavy atom. The lowest BCUT2D eigenvalue weighted by molar-refractivity contribution is -0.114. The largest absolute Gasteiger partial charge is 0.378 e. The quantitative estimate of drug-likeness (QED) is 0.911. The fourth-order valence-corrected chi connectivity index (χ4v) is 3.78. The molecule has 20 heavy (non-hydrogen) atoms. The Balaban J connectivity index is 1.77. The van der Waals surface area contributed by atoms with Gasteiger partial charge >= 0.3 is 0 Å². The van der Waals surface area contributed by atoms with Crippen molar-refractivity contribution in [3.8, 4) is 6.07 Å². The van der Waals surface area contributed by atoms with Crippen LogP contribution in [0.1, 0.15) is 44.7 Å². The molecule has 5 heteroatoms. The third-order valence-corrected chi connectivity index (χ3v) is 4.80. The summed E-state index contributed by atoms with van der Waals surface area (Å²) in [4.78, 5) is 8.32. The van der Waals surface area contributed by atoms with E-state index in [9.17, 15) is 0 Å². The van der Waals surface area contributed by atoms with Crippen LogP contribution in [0.5, 0.6) is 0 Å². The third-order valence-electron chi connectivity index (χ3n) is 4.80. The van der Waals surface area contributed by atoms with Crippen molar-refractivity contribution in [2.45, 2.75) is 51.2 Å². The average Bonchev–Trinajstić information content (AvgIpc) is 2.99. The summed E-state index contributed by atoms with van der Waals surface area (Å²) in [6.07, 6.45) is 9.49. The lowest BCUT2D eigenvalue weighted by atomic mass is 9.60. The number of aromatic nitrogens is 2. The van der Waals surface area contributed by atoms with Gasteiger partial charge in [-0.3, -0.25) is 0 Å². The fourth-order valence-electron chi connectivity index (χ4n) is 3.78. The molecule has 0 aliphatic heterocycles. The van der Waals surface area contributed by atoms with Gasteiger partial charge in [0.2, 0.25) is 0 Å². The minimum atomic E-state index is 0.236. The first-order chi connectivity index (χ1) is 9.80. The number of anilines is 1. The van der Waals surface area contributed by atoms with E-state index in [2.05, 4.69) is 28.3 Å². The zero-order valence-corrected chi connectivity index (χ0v) is 11.8. The second-order valence-corrected chi connectivity index (χ2v) is 5.68. The normalized spacial score (nSPS) is 27.0. The molecule has 1 heterocycles. The average molecular weight is 272 g/mol. The van der Waals surface area contributed by atoms with Gasteiger partial charge in [0.1, 0.15) is 6.07 Å². The van der Waals surface area contributed by atoms with E-state index in [0.717, 1.165) is 13.0 Å². The maximum absolute atomic E-state index is 9.10. The van der Waals surface area contributed by atoms with Gasteiger partial charge in [0.25, 0.3) is 0 Å². The number of rotatable bonds is 4. The first kappa shape index (κ1) is 13.3. The topological polar surface area (TPSA) is 70.8 Å². The zero-order chi connectivity index (χ0) is 14.0. The Morgan fingerprint density at radius 1 is 1.40 bits per heavy atom. The van der Waals surface area contributed by atoms with Crippen LogP contribution in [0, 0.1) is 16.7 Å². The molecule has 2 aliphatic carbocycles. The number of nitrogens with zero attached hydrogens (tertiary/aromatic N) is 3. The van der Waals surface area contributed by atoms with Crippen LogP contribution in [0.15, 0.2) is 12.4 Å². The molecule has 0 unspecified atom stereocenters. The molecule has 0 aromatic carbocycles. The molecule has 1 spiro atoms. The number of hydrogen-bond donors (Lipinski definition) is 1. The molecular weight excluding hydrogens is 252 g/mol. The summed E-state index contributed by atoms with van der Waals surface area (Å²) in [5, 5.41) is 12.5. The van der Waals surface area contributed by atoms with E-state index in [0.29, 0.717) is 23.7 Å². The van der Waals surface area contributed by atoms with Gasteiger partial charge in [-0.25, -0.2) is 9.97 Å². The molecule has 1 N–H and O–H groups in total. The Morgan fingerprint density at radius 2 is 2.15 bits per heavy atom. The van der Waals surface area contributed by atoms with E-state index in [1.54, 1.807) is 12.4 Å². The molecule has 1 aromatic rings. The van der Waals surface area contributed by atoms with Gasteiger partial charge in [0.05, 0.1) is 6.10 Å². The van der Waals surface area contributed by atoms with Crippen molar-refractivity contribution >= 4 is 5.82 Å². The zero-order valence-electron chi connectivity index (χ0n) is 11.8. The number of ether oxygens (including phenoxy) is 1. The number of nitrogens with one attached hydrogen (secondary N) is 1. The van der Waals surface area contributed by atoms with Crippen molar-refractivity contribution in [2.24, 2.45) is 5.41 Å². The van der Waals surface area contributed by atoms with Crippen molar-refractivity contribution < 1.29 is 4.74 Å². The molecule has 2 fully saturated rings. The standard InChI is InChI=1S/C15H20N4O/c1-2-20-13-9-12(15(13)5-3-4-6-15)19-14-11(10-16)17-7-8-18-14/h7-8,12-13H,2-6,9H2,1H3,(H,18,19)/t12-,13+/m0/s1. The molecule has 2 aliphatic rings. The SMILES string of the molecule is CCO[C@@H]1C[C@H](Nc2nccnc2C#N)C12CCCC2. The van der Waals surface area contributed by atoms with E-state index in [4.69, 9.17) is 10.00 Å². The predicted molar refractivity (Wildman–Crippen MR) is 75.1 cm³/mol. The summed E-state index contributed by atoms with van der Waals surface area (Å²) < 4.78 is 5.90. The van der Waals surface area contributed by atoms with E-state index >= 15 is 0 Å². The molecule has 0 bridgehead atoms. The van der Waals surface area contributed by atoms with E-state index in [1.807, 2.05) is 0 Å². The minimum Gasteiger partial charge on any atom is -0.378 e. The summed E-state index contributed by atoms with van der Waals surface area (Å²) in [5.41, 5.74) is 0.612. The van der Waals surface area contributed by atoms with Crippen LogP contribution in [0.3, 0.4) is 0 Å². The maximum Gasteiger partial charge on any atom is 0.182 e. The third kappa shape index (κ3) is 2.04. The van der Waals surface area contributed by atoms with Gasteiger partial charge in [-0.2, -0.15) is 5.26 Å². The summed E-state index contributed by atoms with van der Waals surface area (Å²) in [5.74, 6) is 0.612. The van der Waals surface area contributed by atoms with Crippen LogP contribution in [-0.4, -0.2) is 28.7 Å². The highest BCUT2D eigenvalue weighted by Crippen LogP contribution is 2.55. The van der Waals surface area contributed by atoms with Crippen LogP contribution >= 0.6 is 0 Å². The smallest absolute Gasteiger partial charge is 0.182 e. The van der Waals surface area contributed by atoms with Crippen molar-refractivity contribution in [3.05, 3.63) is 18.1 Å². The van der Waals surface area contributed by atoms with Gasteiger partial charge in [-0.15, -0.1) is 0 Å². The van der Waals surface area contributed by atoms with E-state index in [1.165, 1.54) is 25.7 Å². The second kappa shape index (κ2) is 5.37. The summed E-state index contributed by atoms with van der Waals surface area (Å²) >= 11 is 0. The van der Waals surface area contributed by atoms with Gasteiger partial charge < -0.3 is 10.1 Å². The summed E-state index contributed by atoms with van der Waals surface area (Å²) in [7, 11) is 0. The van der Waals surface area contributed by atoms with Crippen LogP contribution in [0.4, 0.5) is 5.82 Å². The number of hydrogen-bond acceptors (Lipinski definition) is 5. The fraction of sp³-hybridized carbons (Fsp3) is 0.667. The molecule has 3 rings (SSSR count). The molecule has 0 radical (unpaired) electrons. The molecule has 0 saturated heterocycles. The highest BCUT2D eigenvalue weighted by molar-refractivity contribution is 5.48. The Kier molecular flexibility index (Phi) is 3.58. The minimum absolute atomic E-state index is 0.236. The van der Waals surface area contributed by atoms with Crippen LogP contribution < -0.4 is 5.32 Å². The molecule has 0 amide bonds. The molecule has 106 valence electrons. The molecule has 1 aromatic heterocycles. The molecule has 2 saturated carbocycles. The highest BCUT2D eigenvalue weighted by Gasteiger charge is 2.56. The monoisotopic (exact) mass is 272 g/mol. The highest BCUT2D eigenvalue weighted by atomic mass is 16.5. The lowest BCUT2D eigenvalue weighted by Gasteiger charge is -2.54. The van der Waals surface area contributed by atoms with Gasteiger partial charge in [-0.1, -0.05) is 12.8 Å². The van der Waals surface area contributed by atoms with Crippen molar-refractivity contribution in [1.29, 1.82) is 5.26 Å². The number of nitriles is 1. The molecule has 2 atom stereocenters. The molecule has 5 nitrogen and oxygen atoms in total. The van der Waals surface area contributed by atoms with Crippen LogP contribution in [-0.2, 0) is 4.74 Å². The lowest BCUT2D eigenvalue weighted by Crippen LogP contribution is -2.60. The van der Waals surface area contributed by atoms with Crippen LogP contribution in [0.25, 0.3) is 0 Å². The van der Waals surface area contributed by atoms with Crippen molar-refractivity contribution in [3.63, 3.8) is 0 Å². The van der Waals surface area contributed by atoms with Gasteiger partial charge in [0, 0.05) is 30.5 Å². The van der Waals surface area contributed by atoms with Crippen molar-refractivity contribution in [2.75, 3.05) is 11.9 Å². The van der Waals surface area contributed by atoms with Crippen molar-refractivity contribution in [1.82, 2.24) is 9.97 Å². The summed E-state index contributed by atoms with van der Waals surface area (Å²) in [6.45, 7) is 2.83. The summed E-state index contributed by atoms with van der Waals surface area (Å²) in [6, 6.07) is 2.45.